The maximum Gasteiger partial charge on any atom is 0.322 e. The van der Waals surface area contributed by atoms with Gasteiger partial charge in [-0.05, 0) is 66.1 Å². The summed E-state index contributed by atoms with van der Waals surface area (Å²) in [6.07, 6.45) is 0. The van der Waals surface area contributed by atoms with Crippen molar-refractivity contribution >= 4 is 33.5 Å². The Balaban J connectivity index is 1.36. The summed E-state index contributed by atoms with van der Waals surface area (Å²) in [6, 6.07) is 19.4. The Morgan fingerprint density at radius 3 is 2.13 bits per heavy atom. The molecule has 0 spiro atoms. The molecule has 1 atom stereocenters. The van der Waals surface area contributed by atoms with E-state index in [2.05, 4.69) is 32.1 Å². The highest BCUT2D eigenvalue weighted by Gasteiger charge is 2.33. The standard InChI is InChI=1S/C33H39N5O6S/c1-23(2)31(33(40)41)36-45(42,43)38-19-17-37(18-20-38)27-12-7-24(8-13-27)5-6-25-11-16-30(34-3)29(21-25)32(39)35-22-26-9-14-28(44-4)15-10-26/h7-16,21,23,31,34,36H,17-20,22H2,1-4H3,(H,35,39)(H,40,41). The van der Waals surface area contributed by atoms with Gasteiger partial charge in [0.15, 0.2) is 0 Å². The van der Waals surface area contributed by atoms with E-state index in [0.717, 1.165) is 22.6 Å². The predicted octanol–water partition coefficient (Wildman–Crippen LogP) is 3.13. The van der Waals surface area contributed by atoms with Gasteiger partial charge >= 0.3 is 5.97 Å². The lowest BCUT2D eigenvalue weighted by Gasteiger charge is -2.36. The Morgan fingerprint density at radius 1 is 0.933 bits per heavy atom. The first-order valence-electron chi connectivity index (χ1n) is 14.6. The minimum Gasteiger partial charge on any atom is -0.497 e. The molecule has 45 heavy (non-hydrogen) atoms. The van der Waals surface area contributed by atoms with E-state index in [-0.39, 0.29) is 24.9 Å². The first-order valence-corrected chi connectivity index (χ1v) is 16.0. The molecule has 238 valence electrons. The van der Waals surface area contributed by atoms with Crippen molar-refractivity contribution in [3.05, 3.63) is 89.0 Å². The fraction of sp³-hybridized carbons (Fsp3) is 0.333. The quantitative estimate of drug-likeness (QED) is 0.236. The van der Waals surface area contributed by atoms with Gasteiger partial charge in [-0.3, -0.25) is 9.59 Å². The van der Waals surface area contributed by atoms with E-state index in [1.807, 2.05) is 60.7 Å². The molecule has 1 unspecified atom stereocenters. The molecule has 0 aliphatic carbocycles. The molecule has 1 aliphatic heterocycles. The van der Waals surface area contributed by atoms with Gasteiger partial charge in [0.05, 0.1) is 12.7 Å². The third-order valence-electron chi connectivity index (χ3n) is 7.52. The summed E-state index contributed by atoms with van der Waals surface area (Å²) in [7, 11) is -0.554. The average Bonchev–Trinajstić information content (AvgIpc) is 3.05. The van der Waals surface area contributed by atoms with Crippen molar-refractivity contribution in [3.8, 4) is 17.6 Å². The summed E-state index contributed by atoms with van der Waals surface area (Å²) in [6.45, 7) is 5.10. The van der Waals surface area contributed by atoms with Crippen LogP contribution in [0.3, 0.4) is 0 Å². The first kappa shape index (κ1) is 33.3. The lowest BCUT2D eigenvalue weighted by atomic mass is 10.1. The van der Waals surface area contributed by atoms with Crippen LogP contribution in [-0.2, 0) is 21.5 Å². The summed E-state index contributed by atoms with van der Waals surface area (Å²) in [5.41, 5.74) is 4.57. The second-order valence-corrected chi connectivity index (χ2v) is 12.6. The van der Waals surface area contributed by atoms with Crippen molar-refractivity contribution in [2.75, 3.05) is 50.6 Å². The zero-order chi connectivity index (χ0) is 32.6. The summed E-state index contributed by atoms with van der Waals surface area (Å²) < 4.78 is 34.3. The van der Waals surface area contributed by atoms with E-state index in [0.29, 0.717) is 36.4 Å². The number of amides is 1. The summed E-state index contributed by atoms with van der Waals surface area (Å²) in [5, 5.41) is 15.4. The van der Waals surface area contributed by atoms with E-state index in [1.165, 1.54) is 4.31 Å². The van der Waals surface area contributed by atoms with Gasteiger partial charge in [0, 0.05) is 62.3 Å². The molecule has 4 rings (SSSR count). The number of carboxylic acid groups (broad SMARTS) is 1. The fourth-order valence-corrected chi connectivity index (χ4v) is 6.33. The molecule has 0 bridgehead atoms. The first-order chi connectivity index (χ1) is 21.5. The number of aliphatic carboxylic acids is 1. The number of methoxy groups -OCH3 is 1. The van der Waals surface area contributed by atoms with E-state index in [1.54, 1.807) is 34.1 Å². The molecule has 12 heteroatoms. The van der Waals surface area contributed by atoms with Gasteiger partial charge in [-0.15, -0.1) is 0 Å². The number of carbonyl (C=O) groups is 2. The second-order valence-electron chi connectivity index (χ2n) is 10.9. The van der Waals surface area contributed by atoms with Gasteiger partial charge in [0.2, 0.25) is 0 Å². The van der Waals surface area contributed by atoms with Crippen LogP contribution in [0.25, 0.3) is 0 Å². The Hall–Kier alpha value is -4.57. The zero-order valence-electron chi connectivity index (χ0n) is 25.8. The molecule has 3 aromatic rings. The number of carboxylic acids is 1. The van der Waals surface area contributed by atoms with Gasteiger partial charge in [0.1, 0.15) is 11.8 Å². The molecular weight excluding hydrogens is 594 g/mol. The minimum absolute atomic E-state index is 0.214. The lowest BCUT2D eigenvalue weighted by molar-refractivity contribution is -0.140. The zero-order valence-corrected chi connectivity index (χ0v) is 26.6. The van der Waals surface area contributed by atoms with Crippen molar-refractivity contribution in [1.82, 2.24) is 14.3 Å². The second kappa shape index (κ2) is 14.9. The summed E-state index contributed by atoms with van der Waals surface area (Å²) in [5.74, 6) is 5.25. The molecular formula is C33H39N5O6S. The van der Waals surface area contributed by atoms with Crippen LogP contribution in [0.1, 0.15) is 40.9 Å². The number of rotatable bonds is 11. The van der Waals surface area contributed by atoms with E-state index < -0.39 is 22.2 Å². The van der Waals surface area contributed by atoms with E-state index in [9.17, 15) is 23.1 Å². The van der Waals surface area contributed by atoms with Crippen LogP contribution in [0.2, 0.25) is 0 Å². The third kappa shape index (κ3) is 8.76. The van der Waals surface area contributed by atoms with Gasteiger partial charge in [-0.25, -0.2) is 0 Å². The van der Waals surface area contributed by atoms with Crippen LogP contribution in [0.15, 0.2) is 66.7 Å². The number of nitrogens with zero attached hydrogens (tertiary/aromatic N) is 2. The van der Waals surface area contributed by atoms with Gasteiger partial charge in [-0.2, -0.15) is 17.4 Å². The van der Waals surface area contributed by atoms with Crippen molar-refractivity contribution in [2.45, 2.75) is 26.4 Å². The number of anilines is 2. The number of hydrogen-bond acceptors (Lipinski definition) is 7. The smallest absolute Gasteiger partial charge is 0.322 e. The molecule has 1 amide bonds. The number of piperazine rings is 1. The van der Waals surface area contributed by atoms with Crippen LogP contribution in [0.4, 0.5) is 11.4 Å². The van der Waals surface area contributed by atoms with Gasteiger partial charge in [-0.1, -0.05) is 37.8 Å². The molecule has 0 saturated carbocycles. The van der Waals surface area contributed by atoms with E-state index in [4.69, 9.17) is 4.74 Å². The highest BCUT2D eigenvalue weighted by molar-refractivity contribution is 7.87. The number of ether oxygens (including phenoxy) is 1. The van der Waals surface area contributed by atoms with Crippen molar-refractivity contribution < 1.29 is 27.9 Å². The highest BCUT2D eigenvalue weighted by atomic mass is 32.2. The van der Waals surface area contributed by atoms with Crippen LogP contribution in [-0.4, -0.2) is 76.1 Å². The van der Waals surface area contributed by atoms with Crippen LogP contribution in [0.5, 0.6) is 5.75 Å². The summed E-state index contributed by atoms with van der Waals surface area (Å²) in [4.78, 5) is 26.6. The predicted molar refractivity (Wildman–Crippen MR) is 175 cm³/mol. The number of benzene rings is 3. The molecule has 0 radical (unpaired) electrons. The normalized spacial score (nSPS) is 14.3. The Labute approximate surface area is 264 Å². The van der Waals surface area contributed by atoms with Gasteiger partial charge < -0.3 is 25.4 Å². The SMILES string of the molecule is CNc1ccc(C#Cc2ccc(N3CCN(S(=O)(=O)NC(C(=O)O)C(C)C)CC3)cc2)cc1C(=O)NCc1ccc(OC)cc1. The molecule has 1 aliphatic rings. The molecule has 1 heterocycles. The van der Waals surface area contributed by atoms with Crippen LogP contribution >= 0.6 is 0 Å². The van der Waals surface area contributed by atoms with Gasteiger partial charge in [0.25, 0.3) is 16.1 Å². The molecule has 3 aromatic carbocycles. The Morgan fingerprint density at radius 2 is 1.56 bits per heavy atom. The Bertz CT molecular complexity index is 1660. The number of carbonyl (C=O) groups excluding carboxylic acids is 1. The molecule has 4 N–H and O–H groups in total. The monoisotopic (exact) mass is 633 g/mol. The van der Waals surface area contributed by atoms with Crippen molar-refractivity contribution in [2.24, 2.45) is 5.92 Å². The van der Waals surface area contributed by atoms with Crippen molar-refractivity contribution in [1.29, 1.82) is 0 Å². The molecule has 0 aromatic heterocycles. The topological polar surface area (TPSA) is 140 Å². The van der Waals surface area contributed by atoms with E-state index >= 15 is 0 Å². The number of nitrogens with one attached hydrogen (secondary N) is 3. The third-order valence-corrected chi connectivity index (χ3v) is 9.11. The molecule has 1 fully saturated rings. The van der Waals surface area contributed by atoms with Crippen molar-refractivity contribution in [3.63, 3.8) is 0 Å². The highest BCUT2D eigenvalue weighted by Crippen LogP contribution is 2.20. The maximum atomic E-state index is 13.0. The minimum atomic E-state index is -3.93. The summed E-state index contributed by atoms with van der Waals surface area (Å²) >= 11 is 0. The maximum absolute atomic E-state index is 13.0. The largest absolute Gasteiger partial charge is 0.497 e. The molecule has 1 saturated heterocycles. The average molecular weight is 634 g/mol. The lowest BCUT2D eigenvalue weighted by Crippen LogP contribution is -2.55. The number of hydrogen-bond donors (Lipinski definition) is 4. The van der Waals surface area contributed by atoms with Crippen LogP contribution in [0, 0.1) is 17.8 Å². The van der Waals surface area contributed by atoms with Crippen LogP contribution < -0.4 is 25.0 Å². The fourth-order valence-electron chi connectivity index (χ4n) is 4.84. The molecule has 11 nitrogen and oxygen atoms in total. The Kier molecular flexibility index (Phi) is 11.1.